The highest BCUT2D eigenvalue weighted by atomic mass is 19.4. The van der Waals surface area contributed by atoms with Crippen molar-refractivity contribution in [3.8, 4) is 0 Å². The molecule has 1 fully saturated rings. The molecule has 1 aliphatic heterocycles. The monoisotopic (exact) mass is 236 g/mol. The van der Waals surface area contributed by atoms with Gasteiger partial charge in [0.15, 0.2) is 0 Å². The molecule has 1 saturated carbocycles. The normalized spacial score (nSPS) is 23.7. The Morgan fingerprint density at radius 3 is 2.56 bits per heavy atom. The van der Waals surface area contributed by atoms with E-state index in [0.717, 1.165) is 32.1 Å². The molecular weight excluding hydrogens is 223 g/mol. The number of allylic oxidation sites excluding steroid dienone is 1. The summed E-state index contributed by atoms with van der Waals surface area (Å²) in [6.45, 7) is 1.22. The molecule has 0 aromatic carbocycles. The number of alkyl halides is 3. The van der Waals surface area contributed by atoms with Crippen LogP contribution < -0.4 is 0 Å². The summed E-state index contributed by atoms with van der Waals surface area (Å²) in [4.78, 5) is 8.44. The maximum Gasteiger partial charge on any atom is 0.545 e. The molecule has 16 heavy (non-hydrogen) atoms. The summed E-state index contributed by atoms with van der Waals surface area (Å²) < 4.78 is 36.2. The Balaban J connectivity index is 1.97. The van der Waals surface area contributed by atoms with Crippen molar-refractivity contribution in [2.45, 2.75) is 38.5 Å². The molecule has 0 spiro atoms. The highest BCUT2D eigenvalue weighted by Crippen LogP contribution is 2.36. The van der Waals surface area contributed by atoms with Gasteiger partial charge in [0, 0.05) is 5.92 Å². The van der Waals surface area contributed by atoms with Crippen molar-refractivity contribution < 1.29 is 22.8 Å². The second-order valence-electron chi connectivity index (χ2n) is 3.96. The second-order valence-corrected chi connectivity index (χ2v) is 3.96. The molecule has 0 N–H and O–H groups in total. The molecule has 0 unspecified atom stereocenters. The Bertz CT molecular complexity index is 272. The molecule has 0 amide bonds. The third-order valence-electron chi connectivity index (χ3n) is 2.82. The first-order chi connectivity index (χ1) is 7.56. The molecule has 2 rings (SSSR count). The molecular formula is C10H13F3NO2. The zero-order chi connectivity index (χ0) is 11.6. The van der Waals surface area contributed by atoms with Gasteiger partial charge in [-0.15, -0.1) is 23.2 Å². The smallest absolute Gasteiger partial charge is 0.238 e. The van der Waals surface area contributed by atoms with Gasteiger partial charge in [0.2, 0.25) is 0 Å². The summed E-state index contributed by atoms with van der Waals surface area (Å²) in [5.74, 6) is 0.106. The average Bonchev–Trinajstić information content (AvgIpc) is 2.64. The van der Waals surface area contributed by atoms with E-state index >= 15 is 0 Å². The Kier molecular flexibility index (Phi) is 3.39. The van der Waals surface area contributed by atoms with E-state index in [-0.39, 0.29) is 5.92 Å². The Labute approximate surface area is 91.7 Å². The molecule has 0 aromatic rings. The first-order valence-electron chi connectivity index (χ1n) is 5.32. The number of hydrogen-bond acceptors (Lipinski definition) is 3. The lowest BCUT2D eigenvalue weighted by Crippen LogP contribution is -2.31. The van der Waals surface area contributed by atoms with Crippen LogP contribution >= 0.6 is 0 Å². The lowest BCUT2D eigenvalue weighted by atomic mass is 9.87. The summed E-state index contributed by atoms with van der Waals surface area (Å²) in [7, 11) is 0. The van der Waals surface area contributed by atoms with Gasteiger partial charge in [-0.2, -0.15) is 0 Å². The van der Waals surface area contributed by atoms with Gasteiger partial charge in [0.05, 0.1) is 5.70 Å². The number of rotatable bonds is 2. The van der Waals surface area contributed by atoms with Gasteiger partial charge < -0.3 is 0 Å². The minimum absolute atomic E-state index is 0.106. The van der Waals surface area contributed by atoms with Crippen LogP contribution in [0, 0.1) is 12.5 Å². The molecule has 1 aliphatic carbocycles. The van der Waals surface area contributed by atoms with Crippen molar-refractivity contribution in [2.75, 3.05) is 0 Å². The molecule has 1 heterocycles. The predicted molar refractivity (Wildman–Crippen MR) is 49.0 cm³/mol. The molecule has 0 bridgehead atoms. The van der Waals surface area contributed by atoms with Crippen LogP contribution in [0.15, 0.2) is 11.8 Å². The maximum absolute atomic E-state index is 12.1. The molecule has 91 valence electrons. The first kappa shape index (κ1) is 11.7. The van der Waals surface area contributed by atoms with Crippen LogP contribution in [0.2, 0.25) is 0 Å². The average molecular weight is 236 g/mol. The van der Waals surface area contributed by atoms with Crippen molar-refractivity contribution in [3.05, 3.63) is 18.4 Å². The lowest BCUT2D eigenvalue weighted by molar-refractivity contribution is -0.473. The first-order valence-corrected chi connectivity index (χ1v) is 5.32. The zero-order valence-electron chi connectivity index (χ0n) is 8.67. The minimum Gasteiger partial charge on any atom is -0.238 e. The lowest BCUT2D eigenvalue weighted by Gasteiger charge is -2.28. The number of hydroxylamine groups is 2. The summed E-state index contributed by atoms with van der Waals surface area (Å²) in [6, 6.07) is 0. The van der Waals surface area contributed by atoms with E-state index < -0.39 is 6.36 Å². The summed E-state index contributed by atoms with van der Waals surface area (Å²) in [5, 5.41) is 0.482. The molecule has 1 radical (unpaired) electrons. The van der Waals surface area contributed by atoms with E-state index in [9.17, 15) is 13.2 Å². The van der Waals surface area contributed by atoms with Crippen molar-refractivity contribution in [1.82, 2.24) is 5.23 Å². The van der Waals surface area contributed by atoms with E-state index in [4.69, 9.17) is 0 Å². The highest BCUT2D eigenvalue weighted by molar-refractivity contribution is 5.10. The second kappa shape index (κ2) is 4.63. The Hall–Kier alpha value is -0.750. The van der Waals surface area contributed by atoms with Crippen LogP contribution in [0.1, 0.15) is 32.1 Å². The topological polar surface area (TPSA) is 21.7 Å². The highest BCUT2D eigenvalue weighted by Gasteiger charge is 2.38. The van der Waals surface area contributed by atoms with Crippen LogP contribution in [0.5, 0.6) is 0 Å². The van der Waals surface area contributed by atoms with Gasteiger partial charge in [-0.3, -0.25) is 0 Å². The summed E-state index contributed by atoms with van der Waals surface area (Å²) in [5.41, 5.74) is 0.469. The predicted octanol–water partition coefficient (Wildman–Crippen LogP) is 3.31. The third kappa shape index (κ3) is 2.89. The van der Waals surface area contributed by atoms with Crippen LogP contribution in [0.25, 0.3) is 0 Å². The van der Waals surface area contributed by atoms with E-state index in [2.05, 4.69) is 9.68 Å². The Morgan fingerprint density at radius 2 is 1.94 bits per heavy atom. The summed E-state index contributed by atoms with van der Waals surface area (Å²) >= 11 is 0. The fraction of sp³-hybridized carbons (Fsp3) is 0.700. The van der Waals surface area contributed by atoms with Gasteiger partial charge in [0.25, 0.3) is 0 Å². The maximum atomic E-state index is 12.1. The SMILES string of the molecule is FC(F)(F)ON1O[CH]C=C1C1CCCCC1. The van der Waals surface area contributed by atoms with Crippen LogP contribution in [-0.2, 0) is 9.68 Å². The van der Waals surface area contributed by atoms with Crippen molar-refractivity contribution in [1.29, 1.82) is 0 Å². The van der Waals surface area contributed by atoms with Gasteiger partial charge in [-0.25, -0.2) is 4.84 Å². The molecule has 3 nitrogen and oxygen atoms in total. The van der Waals surface area contributed by atoms with Gasteiger partial charge in [0.1, 0.15) is 6.61 Å². The van der Waals surface area contributed by atoms with Gasteiger partial charge in [-0.05, 0) is 18.9 Å². The van der Waals surface area contributed by atoms with E-state index in [1.54, 1.807) is 6.08 Å². The third-order valence-corrected chi connectivity index (χ3v) is 2.82. The quantitative estimate of drug-likeness (QED) is 0.734. The standard InChI is InChI=1S/C10H13F3NO2/c11-10(12,13)16-14-9(6-7-15-14)8-4-2-1-3-5-8/h6-8H,1-5H2. The fourth-order valence-electron chi connectivity index (χ4n) is 2.13. The fourth-order valence-corrected chi connectivity index (χ4v) is 2.13. The molecule has 2 aliphatic rings. The van der Waals surface area contributed by atoms with E-state index in [0.29, 0.717) is 10.9 Å². The molecule has 0 saturated heterocycles. The van der Waals surface area contributed by atoms with Crippen molar-refractivity contribution in [3.63, 3.8) is 0 Å². The van der Waals surface area contributed by atoms with Gasteiger partial charge >= 0.3 is 6.36 Å². The minimum atomic E-state index is -4.72. The van der Waals surface area contributed by atoms with Crippen LogP contribution in [0.3, 0.4) is 0 Å². The van der Waals surface area contributed by atoms with Gasteiger partial charge in [-0.1, -0.05) is 19.3 Å². The van der Waals surface area contributed by atoms with E-state index in [1.165, 1.54) is 6.61 Å². The summed E-state index contributed by atoms with van der Waals surface area (Å²) in [6.07, 6.45) is 1.84. The van der Waals surface area contributed by atoms with Crippen LogP contribution in [0.4, 0.5) is 13.2 Å². The molecule has 6 heteroatoms. The van der Waals surface area contributed by atoms with Crippen LogP contribution in [-0.4, -0.2) is 11.6 Å². The van der Waals surface area contributed by atoms with Crippen molar-refractivity contribution in [2.24, 2.45) is 5.92 Å². The Morgan fingerprint density at radius 1 is 1.25 bits per heavy atom. The van der Waals surface area contributed by atoms with E-state index in [1.807, 2.05) is 0 Å². The largest absolute Gasteiger partial charge is 0.545 e. The number of halogens is 3. The molecule has 0 aromatic heterocycles. The number of hydrogen-bond donors (Lipinski definition) is 0. The van der Waals surface area contributed by atoms with Crippen molar-refractivity contribution >= 4 is 0 Å². The zero-order valence-corrected chi connectivity index (χ0v) is 8.67. The molecule has 0 atom stereocenters. The number of nitrogens with zero attached hydrogens (tertiary/aromatic N) is 1.